The normalized spacial score (nSPS) is 12.9. The van der Waals surface area contributed by atoms with Gasteiger partial charge in [0.1, 0.15) is 0 Å². The molecule has 0 aliphatic heterocycles. The van der Waals surface area contributed by atoms with Gasteiger partial charge in [-0.1, -0.05) is 18.2 Å². The average Bonchev–Trinajstić information content (AvgIpc) is 2.43. The van der Waals surface area contributed by atoms with E-state index >= 15 is 0 Å². The molecule has 0 bridgehead atoms. The highest BCUT2D eigenvalue weighted by molar-refractivity contribution is 8.00. The topological polar surface area (TPSA) is 38.7 Å². The Balaban J connectivity index is 2.29. The minimum atomic E-state index is -0.133. The third-order valence-corrected chi connectivity index (χ3v) is 4.00. The minimum Gasteiger partial charge on any atom is -0.395 e. The van der Waals surface area contributed by atoms with Gasteiger partial charge >= 0.3 is 0 Å². The average molecular weight is 270 g/mol. The number of rotatable bonds is 9. The van der Waals surface area contributed by atoms with Crippen LogP contribution in [0.3, 0.4) is 0 Å². The molecule has 0 heterocycles. The Labute approximate surface area is 113 Å². The van der Waals surface area contributed by atoms with Crippen LogP contribution in [0.2, 0.25) is 0 Å². The molecule has 1 atom stereocenters. The Kier molecular flexibility index (Phi) is 8.09. The first kappa shape index (κ1) is 15.5. The molecular formula is C14H22O3S. The van der Waals surface area contributed by atoms with E-state index in [9.17, 15) is 5.11 Å². The van der Waals surface area contributed by atoms with Crippen LogP contribution in [0.4, 0.5) is 0 Å². The largest absolute Gasteiger partial charge is 0.395 e. The van der Waals surface area contributed by atoms with Crippen molar-refractivity contribution in [2.45, 2.75) is 35.7 Å². The van der Waals surface area contributed by atoms with Crippen LogP contribution in [0.1, 0.15) is 19.3 Å². The third kappa shape index (κ3) is 5.87. The Morgan fingerprint density at radius 3 is 2.33 bits per heavy atom. The first-order valence-corrected chi connectivity index (χ1v) is 7.06. The van der Waals surface area contributed by atoms with Gasteiger partial charge in [-0.05, 0) is 31.4 Å². The van der Waals surface area contributed by atoms with Crippen molar-refractivity contribution in [3.8, 4) is 0 Å². The molecule has 0 fully saturated rings. The van der Waals surface area contributed by atoms with Crippen molar-refractivity contribution in [2.75, 3.05) is 20.8 Å². The molecule has 1 rings (SSSR count). The Morgan fingerprint density at radius 2 is 1.78 bits per heavy atom. The molecular weight excluding hydrogens is 248 g/mol. The van der Waals surface area contributed by atoms with Crippen molar-refractivity contribution in [1.82, 2.24) is 0 Å². The molecule has 0 aliphatic rings. The van der Waals surface area contributed by atoms with Crippen LogP contribution in [0.15, 0.2) is 35.2 Å². The van der Waals surface area contributed by atoms with Gasteiger partial charge in [0.25, 0.3) is 0 Å². The van der Waals surface area contributed by atoms with Crippen LogP contribution in [-0.4, -0.2) is 37.5 Å². The van der Waals surface area contributed by atoms with Crippen molar-refractivity contribution in [1.29, 1.82) is 0 Å². The van der Waals surface area contributed by atoms with Gasteiger partial charge in [0.15, 0.2) is 6.29 Å². The summed E-state index contributed by atoms with van der Waals surface area (Å²) < 4.78 is 10.3. The predicted octanol–water partition coefficient (Wildman–Crippen LogP) is 2.93. The fourth-order valence-corrected chi connectivity index (χ4v) is 2.78. The summed E-state index contributed by atoms with van der Waals surface area (Å²) in [5, 5.41) is 9.62. The van der Waals surface area contributed by atoms with E-state index in [4.69, 9.17) is 9.47 Å². The molecule has 18 heavy (non-hydrogen) atoms. The number of benzene rings is 1. The Morgan fingerprint density at radius 1 is 1.11 bits per heavy atom. The van der Waals surface area contributed by atoms with E-state index in [1.807, 2.05) is 18.2 Å². The number of thioether (sulfide) groups is 1. The van der Waals surface area contributed by atoms with Gasteiger partial charge in [-0.15, -0.1) is 11.8 Å². The highest BCUT2D eigenvalue weighted by atomic mass is 32.2. The van der Waals surface area contributed by atoms with Crippen molar-refractivity contribution < 1.29 is 14.6 Å². The fraction of sp³-hybridized carbons (Fsp3) is 0.571. The van der Waals surface area contributed by atoms with Crippen LogP contribution in [0, 0.1) is 0 Å². The molecule has 0 unspecified atom stereocenters. The molecule has 3 nitrogen and oxygen atoms in total. The summed E-state index contributed by atoms with van der Waals surface area (Å²) >= 11 is 1.72. The molecule has 0 radical (unpaired) electrons. The van der Waals surface area contributed by atoms with Gasteiger partial charge in [0.2, 0.25) is 0 Å². The monoisotopic (exact) mass is 270 g/mol. The quantitative estimate of drug-likeness (QED) is 0.553. The summed E-state index contributed by atoms with van der Waals surface area (Å²) in [6.07, 6.45) is 2.67. The molecule has 0 aromatic heterocycles. The summed E-state index contributed by atoms with van der Waals surface area (Å²) in [5.74, 6) is 0. The molecule has 1 aromatic rings. The van der Waals surface area contributed by atoms with Gasteiger partial charge in [-0.25, -0.2) is 0 Å². The number of aliphatic hydroxyl groups excluding tert-OH is 1. The molecule has 0 aliphatic carbocycles. The van der Waals surface area contributed by atoms with Gasteiger partial charge in [0, 0.05) is 24.4 Å². The lowest BCUT2D eigenvalue weighted by Crippen LogP contribution is -2.15. The van der Waals surface area contributed by atoms with Crippen LogP contribution in [0.5, 0.6) is 0 Å². The third-order valence-electron chi connectivity index (χ3n) is 2.74. The maximum absolute atomic E-state index is 9.38. The summed E-state index contributed by atoms with van der Waals surface area (Å²) in [7, 11) is 3.30. The molecule has 0 spiro atoms. The second kappa shape index (κ2) is 9.39. The Bertz CT molecular complexity index is 301. The highest BCUT2D eigenvalue weighted by Gasteiger charge is 2.11. The molecule has 0 amide bonds. The van der Waals surface area contributed by atoms with Crippen molar-refractivity contribution >= 4 is 11.8 Å². The zero-order valence-electron chi connectivity index (χ0n) is 11.0. The molecule has 4 heteroatoms. The number of hydrogen-bond donors (Lipinski definition) is 1. The molecule has 0 saturated heterocycles. The lowest BCUT2D eigenvalue weighted by Gasteiger charge is -2.16. The number of methoxy groups -OCH3 is 2. The fourth-order valence-electron chi connectivity index (χ4n) is 1.72. The van der Waals surface area contributed by atoms with E-state index in [0.29, 0.717) is 0 Å². The van der Waals surface area contributed by atoms with Crippen LogP contribution < -0.4 is 0 Å². The molecule has 1 N–H and O–H groups in total. The summed E-state index contributed by atoms with van der Waals surface area (Å²) in [5.41, 5.74) is 0. The maximum Gasteiger partial charge on any atom is 0.156 e. The summed E-state index contributed by atoms with van der Waals surface area (Å²) in [4.78, 5) is 1.20. The zero-order chi connectivity index (χ0) is 13.2. The van der Waals surface area contributed by atoms with Crippen LogP contribution >= 0.6 is 11.8 Å². The second-order valence-electron chi connectivity index (χ2n) is 4.07. The SMILES string of the molecule is COC(CCC[C@@H](CO)Sc1ccccc1)OC. The Hall–Kier alpha value is -0.550. The van der Waals surface area contributed by atoms with E-state index in [2.05, 4.69) is 12.1 Å². The minimum absolute atomic E-state index is 0.133. The van der Waals surface area contributed by atoms with Gasteiger partial charge in [-0.3, -0.25) is 0 Å². The van der Waals surface area contributed by atoms with Crippen LogP contribution in [0.25, 0.3) is 0 Å². The van der Waals surface area contributed by atoms with E-state index in [-0.39, 0.29) is 18.1 Å². The summed E-state index contributed by atoms with van der Waals surface area (Å²) in [6.45, 7) is 0.199. The van der Waals surface area contributed by atoms with Crippen molar-refractivity contribution in [3.05, 3.63) is 30.3 Å². The highest BCUT2D eigenvalue weighted by Crippen LogP contribution is 2.26. The predicted molar refractivity (Wildman–Crippen MR) is 74.8 cm³/mol. The van der Waals surface area contributed by atoms with Gasteiger partial charge < -0.3 is 14.6 Å². The maximum atomic E-state index is 9.38. The summed E-state index contributed by atoms with van der Waals surface area (Å²) in [6, 6.07) is 10.2. The van der Waals surface area contributed by atoms with E-state index in [1.54, 1.807) is 26.0 Å². The molecule has 102 valence electrons. The van der Waals surface area contributed by atoms with Crippen LogP contribution in [-0.2, 0) is 9.47 Å². The first-order chi connectivity index (χ1) is 8.80. The van der Waals surface area contributed by atoms with E-state index in [1.165, 1.54) is 4.90 Å². The van der Waals surface area contributed by atoms with Crippen molar-refractivity contribution in [2.24, 2.45) is 0 Å². The van der Waals surface area contributed by atoms with Gasteiger partial charge in [0.05, 0.1) is 6.61 Å². The van der Waals surface area contributed by atoms with Crippen molar-refractivity contribution in [3.63, 3.8) is 0 Å². The lowest BCUT2D eigenvalue weighted by atomic mass is 10.2. The molecule has 1 aromatic carbocycles. The number of aliphatic hydroxyl groups is 1. The second-order valence-corrected chi connectivity index (χ2v) is 5.44. The zero-order valence-corrected chi connectivity index (χ0v) is 11.9. The molecule has 0 saturated carbocycles. The smallest absolute Gasteiger partial charge is 0.156 e. The lowest BCUT2D eigenvalue weighted by molar-refractivity contribution is -0.107. The first-order valence-electron chi connectivity index (χ1n) is 6.18. The number of ether oxygens (including phenoxy) is 2. The van der Waals surface area contributed by atoms with E-state index < -0.39 is 0 Å². The van der Waals surface area contributed by atoms with E-state index in [0.717, 1.165) is 19.3 Å². The standard InChI is InChI=1S/C14H22O3S/c1-16-14(17-2)10-6-9-13(11-15)18-12-7-4-3-5-8-12/h3-5,7-8,13-15H,6,9-11H2,1-2H3/t13-/m0/s1. The van der Waals surface area contributed by atoms with Gasteiger partial charge in [-0.2, -0.15) is 0 Å². The number of hydrogen-bond acceptors (Lipinski definition) is 4.